The molecule has 0 atom stereocenters. The Hall–Kier alpha value is -1.25. The molecule has 0 saturated heterocycles. The number of ether oxygens (including phenoxy) is 1. The first-order chi connectivity index (χ1) is 6.07. The highest BCUT2D eigenvalue weighted by molar-refractivity contribution is 5.92. The van der Waals surface area contributed by atoms with Gasteiger partial charge in [0.2, 0.25) is 0 Å². The van der Waals surface area contributed by atoms with Gasteiger partial charge >= 0.3 is 5.97 Å². The molecule has 0 spiro atoms. The minimum Gasteiger partial charge on any atom is -0.465 e. The zero-order valence-corrected chi connectivity index (χ0v) is 8.47. The second kappa shape index (κ2) is 3.64. The lowest BCUT2D eigenvalue weighted by Gasteiger charge is -2.06. The van der Waals surface area contributed by atoms with Crippen molar-refractivity contribution in [2.75, 3.05) is 7.11 Å². The van der Waals surface area contributed by atoms with Gasteiger partial charge in [-0.15, -0.1) is 0 Å². The van der Waals surface area contributed by atoms with Gasteiger partial charge in [0.1, 0.15) is 0 Å². The molecule has 1 aromatic heterocycles. The van der Waals surface area contributed by atoms with Crippen LogP contribution in [0.4, 0.5) is 0 Å². The van der Waals surface area contributed by atoms with Crippen LogP contribution in [0.2, 0.25) is 0 Å². The summed E-state index contributed by atoms with van der Waals surface area (Å²) in [6.45, 7) is 5.98. The van der Waals surface area contributed by atoms with E-state index in [2.05, 4.69) is 4.98 Å². The van der Waals surface area contributed by atoms with Gasteiger partial charge in [-0.3, -0.25) is 0 Å². The van der Waals surface area contributed by atoms with Crippen LogP contribution < -0.4 is 0 Å². The maximum atomic E-state index is 11.4. The number of aromatic amines is 1. The van der Waals surface area contributed by atoms with E-state index in [0.717, 1.165) is 11.3 Å². The molecule has 1 rings (SSSR count). The van der Waals surface area contributed by atoms with Gasteiger partial charge in [-0.05, 0) is 18.4 Å². The number of carbonyl (C=O) groups excluding carboxylic acids is 1. The fourth-order valence-electron chi connectivity index (χ4n) is 1.37. The molecule has 0 bridgehead atoms. The average Bonchev–Trinajstić information content (AvgIpc) is 2.46. The Labute approximate surface area is 78.1 Å². The van der Waals surface area contributed by atoms with Crippen LogP contribution in [0.5, 0.6) is 0 Å². The van der Waals surface area contributed by atoms with Crippen molar-refractivity contribution in [2.24, 2.45) is 0 Å². The summed E-state index contributed by atoms with van der Waals surface area (Å²) in [6, 6.07) is 0. The standard InChI is InChI=1S/C10H15NO2/c1-6(2)9-8(10(12)13-4)7(3)5-11-9/h5-6,11H,1-4H3. The highest BCUT2D eigenvalue weighted by Crippen LogP contribution is 2.21. The Morgan fingerprint density at radius 2 is 2.15 bits per heavy atom. The summed E-state index contributed by atoms with van der Waals surface area (Å²) >= 11 is 0. The second-order valence-electron chi connectivity index (χ2n) is 3.41. The number of rotatable bonds is 2. The van der Waals surface area contributed by atoms with Gasteiger partial charge in [0, 0.05) is 11.9 Å². The highest BCUT2D eigenvalue weighted by atomic mass is 16.5. The van der Waals surface area contributed by atoms with Gasteiger partial charge in [-0.25, -0.2) is 4.79 Å². The van der Waals surface area contributed by atoms with E-state index in [-0.39, 0.29) is 5.97 Å². The first-order valence-electron chi connectivity index (χ1n) is 4.34. The van der Waals surface area contributed by atoms with Crippen molar-refractivity contribution in [1.29, 1.82) is 0 Å². The van der Waals surface area contributed by atoms with Gasteiger partial charge in [0.25, 0.3) is 0 Å². The Morgan fingerprint density at radius 1 is 1.54 bits per heavy atom. The van der Waals surface area contributed by atoms with Gasteiger partial charge in [0.05, 0.1) is 12.7 Å². The normalized spacial score (nSPS) is 10.5. The number of carbonyl (C=O) groups is 1. The van der Waals surface area contributed by atoms with Crippen LogP contribution in [0.1, 0.15) is 41.4 Å². The molecule has 1 heterocycles. The molecular formula is C10H15NO2. The lowest BCUT2D eigenvalue weighted by Crippen LogP contribution is -2.06. The molecule has 3 heteroatoms. The predicted octanol–water partition coefficient (Wildman–Crippen LogP) is 2.23. The maximum Gasteiger partial charge on any atom is 0.339 e. The first-order valence-corrected chi connectivity index (χ1v) is 4.34. The van der Waals surface area contributed by atoms with E-state index in [1.165, 1.54) is 7.11 Å². The molecule has 1 aromatic rings. The first kappa shape index (κ1) is 9.84. The Kier molecular flexibility index (Phi) is 2.76. The molecular weight excluding hydrogens is 166 g/mol. The monoisotopic (exact) mass is 181 g/mol. The van der Waals surface area contributed by atoms with Gasteiger partial charge in [0.15, 0.2) is 0 Å². The van der Waals surface area contributed by atoms with Crippen LogP contribution in [-0.4, -0.2) is 18.1 Å². The molecule has 0 fully saturated rings. The van der Waals surface area contributed by atoms with Gasteiger partial charge in [-0.1, -0.05) is 13.8 Å². The fourth-order valence-corrected chi connectivity index (χ4v) is 1.37. The summed E-state index contributed by atoms with van der Waals surface area (Å²) < 4.78 is 4.71. The van der Waals surface area contributed by atoms with Crippen molar-refractivity contribution in [3.8, 4) is 0 Å². The van der Waals surface area contributed by atoms with Crippen molar-refractivity contribution >= 4 is 5.97 Å². The van der Waals surface area contributed by atoms with Crippen LogP contribution in [0.15, 0.2) is 6.20 Å². The summed E-state index contributed by atoms with van der Waals surface area (Å²) in [4.78, 5) is 14.5. The van der Waals surface area contributed by atoms with Crippen molar-refractivity contribution in [1.82, 2.24) is 4.98 Å². The zero-order valence-electron chi connectivity index (χ0n) is 8.47. The quantitative estimate of drug-likeness (QED) is 0.711. The SMILES string of the molecule is COC(=O)c1c(C)c[nH]c1C(C)C. The molecule has 3 nitrogen and oxygen atoms in total. The number of esters is 1. The Morgan fingerprint density at radius 3 is 2.62 bits per heavy atom. The molecule has 0 saturated carbocycles. The lowest BCUT2D eigenvalue weighted by atomic mass is 10.0. The third kappa shape index (κ3) is 1.74. The highest BCUT2D eigenvalue weighted by Gasteiger charge is 2.18. The smallest absolute Gasteiger partial charge is 0.339 e. The second-order valence-corrected chi connectivity index (χ2v) is 3.41. The zero-order chi connectivity index (χ0) is 10.0. The molecule has 0 aliphatic carbocycles. The molecule has 0 aliphatic rings. The number of nitrogens with one attached hydrogen (secondary N) is 1. The van der Waals surface area contributed by atoms with Crippen LogP contribution in [0.25, 0.3) is 0 Å². The number of methoxy groups -OCH3 is 1. The molecule has 13 heavy (non-hydrogen) atoms. The number of hydrogen-bond donors (Lipinski definition) is 1. The largest absolute Gasteiger partial charge is 0.465 e. The number of H-pyrrole nitrogens is 1. The third-order valence-electron chi connectivity index (χ3n) is 2.07. The van der Waals surface area contributed by atoms with E-state index in [1.807, 2.05) is 27.0 Å². The molecule has 0 aliphatic heterocycles. The van der Waals surface area contributed by atoms with E-state index in [4.69, 9.17) is 4.74 Å². The van der Waals surface area contributed by atoms with E-state index >= 15 is 0 Å². The predicted molar refractivity (Wildman–Crippen MR) is 51.0 cm³/mol. The summed E-state index contributed by atoms with van der Waals surface area (Å²) in [5, 5.41) is 0. The average molecular weight is 181 g/mol. The minimum atomic E-state index is -0.262. The van der Waals surface area contributed by atoms with Crippen LogP contribution in [0.3, 0.4) is 0 Å². The van der Waals surface area contributed by atoms with Gasteiger partial charge < -0.3 is 9.72 Å². The summed E-state index contributed by atoms with van der Waals surface area (Å²) in [5.74, 6) is 0.0465. The van der Waals surface area contributed by atoms with Crippen molar-refractivity contribution in [2.45, 2.75) is 26.7 Å². The molecule has 0 radical (unpaired) electrons. The Balaban J connectivity index is 3.16. The van der Waals surface area contributed by atoms with Crippen LogP contribution in [-0.2, 0) is 4.74 Å². The topological polar surface area (TPSA) is 42.1 Å². The van der Waals surface area contributed by atoms with E-state index in [1.54, 1.807) is 0 Å². The molecule has 1 N–H and O–H groups in total. The van der Waals surface area contributed by atoms with Crippen molar-refractivity contribution < 1.29 is 9.53 Å². The third-order valence-corrected chi connectivity index (χ3v) is 2.07. The van der Waals surface area contributed by atoms with E-state index in [9.17, 15) is 4.79 Å². The minimum absolute atomic E-state index is 0.262. The molecule has 0 aromatic carbocycles. The van der Waals surface area contributed by atoms with Crippen LogP contribution in [0, 0.1) is 6.92 Å². The summed E-state index contributed by atoms with van der Waals surface area (Å²) in [5.41, 5.74) is 2.57. The van der Waals surface area contributed by atoms with Crippen molar-refractivity contribution in [3.63, 3.8) is 0 Å². The van der Waals surface area contributed by atoms with Crippen molar-refractivity contribution in [3.05, 3.63) is 23.0 Å². The van der Waals surface area contributed by atoms with E-state index < -0.39 is 0 Å². The van der Waals surface area contributed by atoms with E-state index in [0.29, 0.717) is 11.5 Å². The van der Waals surface area contributed by atoms with Crippen LogP contribution >= 0.6 is 0 Å². The number of aromatic nitrogens is 1. The number of aryl methyl sites for hydroxylation is 1. The summed E-state index contributed by atoms with van der Waals surface area (Å²) in [6.07, 6.45) is 1.83. The molecule has 0 unspecified atom stereocenters. The molecule has 72 valence electrons. The molecule has 0 amide bonds. The van der Waals surface area contributed by atoms with Gasteiger partial charge in [-0.2, -0.15) is 0 Å². The summed E-state index contributed by atoms with van der Waals surface area (Å²) in [7, 11) is 1.40. The Bertz CT molecular complexity index is 313. The maximum absolute atomic E-state index is 11.4. The fraction of sp³-hybridized carbons (Fsp3) is 0.500. The lowest BCUT2D eigenvalue weighted by molar-refractivity contribution is 0.0598. The number of hydrogen-bond acceptors (Lipinski definition) is 2.